The van der Waals surface area contributed by atoms with Crippen LogP contribution < -0.4 is 10.6 Å². The summed E-state index contributed by atoms with van der Waals surface area (Å²) in [6.07, 6.45) is 3.20. The molecule has 0 radical (unpaired) electrons. The SMILES string of the molecule is CCNC(=NCc1cccc(NC(=O)C2CCC2)c1)N1CCOCC1. The smallest absolute Gasteiger partial charge is 0.227 e. The minimum Gasteiger partial charge on any atom is -0.378 e. The van der Waals surface area contributed by atoms with Crippen molar-refractivity contribution in [3.63, 3.8) is 0 Å². The van der Waals surface area contributed by atoms with Gasteiger partial charge in [0.2, 0.25) is 5.91 Å². The van der Waals surface area contributed by atoms with Crippen molar-refractivity contribution in [1.29, 1.82) is 0 Å². The number of amides is 1. The molecule has 0 unspecified atom stereocenters. The molecule has 1 aliphatic heterocycles. The maximum Gasteiger partial charge on any atom is 0.227 e. The number of rotatable bonds is 5. The Labute approximate surface area is 149 Å². The molecule has 2 aliphatic rings. The fourth-order valence-corrected chi connectivity index (χ4v) is 3.03. The van der Waals surface area contributed by atoms with Gasteiger partial charge in [0, 0.05) is 31.2 Å². The molecule has 1 aliphatic carbocycles. The Morgan fingerprint density at radius 3 is 2.80 bits per heavy atom. The number of aliphatic imine (C=N–C) groups is 1. The van der Waals surface area contributed by atoms with Crippen LogP contribution in [0.4, 0.5) is 5.69 Å². The fourth-order valence-electron chi connectivity index (χ4n) is 3.03. The Bertz CT molecular complexity index is 607. The van der Waals surface area contributed by atoms with E-state index < -0.39 is 0 Å². The summed E-state index contributed by atoms with van der Waals surface area (Å²) in [5, 5.41) is 6.38. The highest BCUT2D eigenvalue weighted by Crippen LogP contribution is 2.27. The molecule has 1 heterocycles. The van der Waals surface area contributed by atoms with Crippen LogP contribution in [0.3, 0.4) is 0 Å². The van der Waals surface area contributed by atoms with Gasteiger partial charge in [-0.25, -0.2) is 4.99 Å². The molecule has 0 bridgehead atoms. The predicted molar refractivity (Wildman–Crippen MR) is 99.6 cm³/mol. The highest BCUT2D eigenvalue weighted by Gasteiger charge is 2.25. The maximum absolute atomic E-state index is 12.1. The Morgan fingerprint density at radius 1 is 1.32 bits per heavy atom. The van der Waals surface area contributed by atoms with Crippen molar-refractivity contribution in [3.8, 4) is 0 Å². The van der Waals surface area contributed by atoms with E-state index in [1.165, 1.54) is 6.42 Å². The van der Waals surface area contributed by atoms with Crippen molar-refractivity contribution in [2.45, 2.75) is 32.7 Å². The normalized spacial score (nSPS) is 18.6. The van der Waals surface area contributed by atoms with Crippen LogP contribution in [0.5, 0.6) is 0 Å². The van der Waals surface area contributed by atoms with E-state index in [2.05, 4.69) is 22.5 Å². The lowest BCUT2D eigenvalue weighted by Crippen LogP contribution is -2.47. The zero-order valence-corrected chi connectivity index (χ0v) is 15.0. The summed E-state index contributed by atoms with van der Waals surface area (Å²) >= 11 is 0. The molecule has 0 spiro atoms. The summed E-state index contributed by atoms with van der Waals surface area (Å²) in [7, 11) is 0. The van der Waals surface area contributed by atoms with E-state index in [0.717, 1.165) is 62.9 Å². The number of carbonyl (C=O) groups excluding carboxylic acids is 1. The number of morpholine rings is 1. The van der Waals surface area contributed by atoms with Gasteiger partial charge < -0.3 is 20.3 Å². The summed E-state index contributed by atoms with van der Waals surface area (Å²) in [5.41, 5.74) is 1.95. The minimum atomic E-state index is 0.147. The van der Waals surface area contributed by atoms with E-state index >= 15 is 0 Å². The van der Waals surface area contributed by atoms with Crippen molar-refractivity contribution in [2.75, 3.05) is 38.2 Å². The van der Waals surface area contributed by atoms with E-state index in [4.69, 9.17) is 9.73 Å². The zero-order valence-electron chi connectivity index (χ0n) is 15.0. The molecule has 6 nitrogen and oxygen atoms in total. The largest absolute Gasteiger partial charge is 0.378 e. The van der Waals surface area contributed by atoms with Crippen LogP contribution >= 0.6 is 0 Å². The van der Waals surface area contributed by atoms with Gasteiger partial charge in [-0.15, -0.1) is 0 Å². The molecule has 3 rings (SSSR count). The number of nitrogens with one attached hydrogen (secondary N) is 2. The van der Waals surface area contributed by atoms with Gasteiger partial charge in [0.15, 0.2) is 5.96 Å². The Morgan fingerprint density at radius 2 is 2.12 bits per heavy atom. The van der Waals surface area contributed by atoms with Crippen molar-refractivity contribution >= 4 is 17.6 Å². The third kappa shape index (κ3) is 4.95. The topological polar surface area (TPSA) is 66.0 Å². The standard InChI is InChI=1S/C19H28N4O2/c1-2-20-19(23-9-11-25-12-10-23)21-14-15-5-3-8-17(13-15)22-18(24)16-6-4-7-16/h3,5,8,13,16H,2,4,6-7,9-12,14H2,1H3,(H,20,21)(H,22,24). The highest BCUT2D eigenvalue weighted by molar-refractivity contribution is 5.93. The molecule has 2 N–H and O–H groups in total. The van der Waals surface area contributed by atoms with Crippen molar-refractivity contribution in [3.05, 3.63) is 29.8 Å². The van der Waals surface area contributed by atoms with Gasteiger partial charge in [-0.2, -0.15) is 0 Å². The average Bonchev–Trinajstić information content (AvgIpc) is 2.58. The highest BCUT2D eigenvalue weighted by atomic mass is 16.5. The Hall–Kier alpha value is -2.08. The third-order valence-electron chi connectivity index (χ3n) is 4.73. The van der Waals surface area contributed by atoms with E-state index in [1.807, 2.05) is 24.3 Å². The summed E-state index contributed by atoms with van der Waals surface area (Å²) in [6, 6.07) is 7.98. The van der Waals surface area contributed by atoms with Gasteiger partial charge in [-0.3, -0.25) is 4.79 Å². The average molecular weight is 344 g/mol. The molecule has 136 valence electrons. The number of hydrogen-bond donors (Lipinski definition) is 2. The molecule has 1 aromatic rings. The molecule has 1 saturated carbocycles. The van der Waals surface area contributed by atoms with E-state index in [0.29, 0.717) is 6.54 Å². The van der Waals surface area contributed by atoms with Gasteiger partial charge in [0.25, 0.3) is 0 Å². The second kappa shape index (κ2) is 8.85. The molecule has 1 amide bonds. The van der Waals surface area contributed by atoms with Crippen LogP contribution in [-0.4, -0.2) is 49.6 Å². The van der Waals surface area contributed by atoms with Crippen LogP contribution in [0.15, 0.2) is 29.3 Å². The number of benzene rings is 1. The van der Waals surface area contributed by atoms with Crippen molar-refractivity contribution in [2.24, 2.45) is 10.9 Å². The number of hydrogen-bond acceptors (Lipinski definition) is 3. The lowest BCUT2D eigenvalue weighted by Gasteiger charge is -2.30. The summed E-state index contributed by atoms with van der Waals surface area (Å²) in [6.45, 7) is 6.72. The number of nitrogens with zero attached hydrogens (tertiary/aromatic N) is 2. The molecule has 2 fully saturated rings. The molecule has 1 saturated heterocycles. The molecular weight excluding hydrogens is 316 g/mol. The second-order valence-electron chi connectivity index (χ2n) is 6.59. The first-order chi connectivity index (χ1) is 12.3. The summed E-state index contributed by atoms with van der Waals surface area (Å²) in [4.78, 5) is 19.1. The number of guanidine groups is 1. The number of carbonyl (C=O) groups is 1. The van der Waals surface area contributed by atoms with Gasteiger partial charge in [-0.1, -0.05) is 18.6 Å². The molecule has 0 aromatic heterocycles. The van der Waals surface area contributed by atoms with Gasteiger partial charge in [-0.05, 0) is 37.5 Å². The Balaban J connectivity index is 1.62. The lowest BCUT2D eigenvalue weighted by atomic mass is 9.85. The van der Waals surface area contributed by atoms with Crippen molar-refractivity contribution in [1.82, 2.24) is 10.2 Å². The Kier molecular flexibility index (Phi) is 6.28. The lowest BCUT2D eigenvalue weighted by molar-refractivity contribution is -0.122. The van der Waals surface area contributed by atoms with Gasteiger partial charge in [0.1, 0.15) is 0 Å². The summed E-state index contributed by atoms with van der Waals surface area (Å²) < 4.78 is 5.41. The number of anilines is 1. The quantitative estimate of drug-likeness (QED) is 0.635. The van der Waals surface area contributed by atoms with Crippen LogP contribution in [0, 0.1) is 5.92 Å². The minimum absolute atomic E-state index is 0.147. The first-order valence-electron chi connectivity index (χ1n) is 9.27. The van der Waals surface area contributed by atoms with Gasteiger partial charge in [0.05, 0.1) is 19.8 Å². The fraction of sp³-hybridized carbons (Fsp3) is 0.579. The van der Waals surface area contributed by atoms with Crippen LogP contribution in [0.1, 0.15) is 31.7 Å². The molecule has 1 aromatic carbocycles. The first-order valence-corrected chi connectivity index (χ1v) is 9.27. The van der Waals surface area contributed by atoms with Crippen molar-refractivity contribution < 1.29 is 9.53 Å². The first kappa shape index (κ1) is 17.7. The van der Waals surface area contributed by atoms with Crippen LogP contribution in [-0.2, 0) is 16.1 Å². The second-order valence-corrected chi connectivity index (χ2v) is 6.59. The van der Waals surface area contributed by atoms with Gasteiger partial charge >= 0.3 is 0 Å². The van der Waals surface area contributed by atoms with Crippen LogP contribution in [0.2, 0.25) is 0 Å². The zero-order chi connectivity index (χ0) is 17.5. The van der Waals surface area contributed by atoms with Crippen LogP contribution in [0.25, 0.3) is 0 Å². The number of ether oxygens (including phenoxy) is 1. The van der Waals surface area contributed by atoms with E-state index in [1.54, 1.807) is 0 Å². The van der Waals surface area contributed by atoms with E-state index in [-0.39, 0.29) is 11.8 Å². The molecule has 25 heavy (non-hydrogen) atoms. The monoisotopic (exact) mass is 344 g/mol. The summed E-state index contributed by atoms with van der Waals surface area (Å²) in [5.74, 6) is 1.27. The molecular formula is C19H28N4O2. The maximum atomic E-state index is 12.1. The predicted octanol–water partition coefficient (Wildman–Crippen LogP) is 2.22. The molecule has 6 heteroatoms. The van der Waals surface area contributed by atoms with E-state index in [9.17, 15) is 4.79 Å². The third-order valence-corrected chi connectivity index (χ3v) is 4.73. The molecule has 0 atom stereocenters.